The summed E-state index contributed by atoms with van der Waals surface area (Å²) in [4.78, 5) is 27.0. The van der Waals surface area contributed by atoms with Crippen molar-refractivity contribution in [2.24, 2.45) is 5.92 Å². The molecule has 8 heteroatoms. The van der Waals surface area contributed by atoms with Gasteiger partial charge < -0.3 is 10.0 Å². The van der Waals surface area contributed by atoms with Crippen LogP contribution < -0.4 is 0 Å². The molecule has 0 saturated carbocycles. The van der Waals surface area contributed by atoms with Crippen LogP contribution in [0.25, 0.3) is 0 Å². The molecule has 2 aliphatic rings. The molecule has 0 unspecified atom stereocenters. The van der Waals surface area contributed by atoms with Crippen LogP contribution in [-0.2, 0) is 22.3 Å². The van der Waals surface area contributed by atoms with Gasteiger partial charge in [0.2, 0.25) is 11.6 Å². The van der Waals surface area contributed by atoms with Gasteiger partial charge in [-0.05, 0) is 49.6 Å². The number of allylic oxidation sites excluding steroid dienone is 6. The average molecular weight is 506 g/mol. The first-order valence-corrected chi connectivity index (χ1v) is 11.6. The third-order valence-electron chi connectivity index (χ3n) is 6.11. The first-order valence-electron chi connectivity index (χ1n) is 11.2. The predicted octanol–water partition coefficient (Wildman–Crippen LogP) is 6.23. The molecule has 1 aromatic carbocycles. The fourth-order valence-electron chi connectivity index (χ4n) is 3.79. The lowest BCUT2D eigenvalue weighted by Gasteiger charge is -2.34. The van der Waals surface area contributed by atoms with Gasteiger partial charge in [0.05, 0.1) is 10.6 Å². The molecule has 2 atom stereocenters. The van der Waals surface area contributed by atoms with E-state index in [9.17, 15) is 27.9 Å². The largest absolute Gasteiger partial charge is 0.416 e. The number of ketones is 2. The Bertz CT molecular complexity index is 1190. The van der Waals surface area contributed by atoms with Crippen LogP contribution in [0.1, 0.15) is 45.2 Å². The molecule has 1 aliphatic heterocycles. The van der Waals surface area contributed by atoms with Gasteiger partial charge in [-0.25, -0.2) is 0 Å². The highest BCUT2D eigenvalue weighted by Gasteiger charge is 2.48. The van der Waals surface area contributed by atoms with Crippen molar-refractivity contribution < 1.29 is 27.9 Å². The zero-order chi connectivity index (χ0) is 26.1. The van der Waals surface area contributed by atoms with E-state index in [1.807, 2.05) is 13.0 Å². The lowest BCUT2D eigenvalue weighted by atomic mass is 9.79. The molecule has 35 heavy (non-hydrogen) atoms. The molecule has 1 heterocycles. The van der Waals surface area contributed by atoms with Gasteiger partial charge in [-0.15, -0.1) is 0 Å². The monoisotopic (exact) mass is 505 g/mol. The average Bonchev–Trinajstić information content (AvgIpc) is 2.80. The highest BCUT2D eigenvalue weighted by Crippen LogP contribution is 2.38. The van der Waals surface area contributed by atoms with E-state index < -0.39 is 28.9 Å². The molecule has 1 aliphatic carbocycles. The summed E-state index contributed by atoms with van der Waals surface area (Å²) < 4.78 is 38.9. The Morgan fingerprint density at radius 3 is 2.40 bits per heavy atom. The van der Waals surface area contributed by atoms with E-state index in [0.29, 0.717) is 17.2 Å². The Morgan fingerprint density at radius 1 is 1.20 bits per heavy atom. The van der Waals surface area contributed by atoms with Gasteiger partial charge in [0.15, 0.2) is 5.60 Å². The molecule has 1 aromatic rings. The number of hydrogen-bond acceptors (Lipinski definition) is 4. The third-order valence-corrected chi connectivity index (χ3v) is 6.48. The predicted molar refractivity (Wildman–Crippen MR) is 129 cm³/mol. The van der Waals surface area contributed by atoms with Gasteiger partial charge >= 0.3 is 6.18 Å². The molecular formula is C27H27ClF3NO3. The maximum Gasteiger partial charge on any atom is 0.416 e. The molecule has 0 fully saturated rings. The van der Waals surface area contributed by atoms with Crippen molar-refractivity contribution in [3.63, 3.8) is 0 Å². The second kappa shape index (κ2) is 9.99. The summed E-state index contributed by atoms with van der Waals surface area (Å²) in [5.74, 6) is -1.28. The number of rotatable bonds is 6. The lowest BCUT2D eigenvalue weighted by molar-refractivity contribution is -0.144. The molecule has 0 radical (unpaired) electrons. The fraction of sp³-hybridized carbons (Fsp3) is 0.333. The van der Waals surface area contributed by atoms with E-state index in [-0.39, 0.29) is 22.7 Å². The zero-order valence-electron chi connectivity index (χ0n) is 19.9. The summed E-state index contributed by atoms with van der Waals surface area (Å²) in [5, 5.41) is 10.2. The quantitative estimate of drug-likeness (QED) is 0.367. The summed E-state index contributed by atoms with van der Waals surface area (Å²) in [7, 11) is 0. The van der Waals surface area contributed by atoms with Crippen molar-refractivity contribution in [3.8, 4) is 0 Å². The maximum atomic E-state index is 13.0. The van der Waals surface area contributed by atoms with E-state index in [4.69, 9.17) is 11.6 Å². The summed E-state index contributed by atoms with van der Waals surface area (Å²) >= 11 is 6.25. The number of benzene rings is 1. The number of alkyl halides is 3. The van der Waals surface area contributed by atoms with E-state index in [2.05, 4.69) is 19.9 Å². The van der Waals surface area contributed by atoms with E-state index in [1.54, 1.807) is 17.1 Å². The van der Waals surface area contributed by atoms with Crippen LogP contribution in [0.15, 0.2) is 82.2 Å². The van der Waals surface area contributed by atoms with Gasteiger partial charge in [0.25, 0.3) is 0 Å². The van der Waals surface area contributed by atoms with Crippen molar-refractivity contribution >= 4 is 23.2 Å². The summed E-state index contributed by atoms with van der Waals surface area (Å²) in [6.07, 6.45) is 5.39. The van der Waals surface area contributed by atoms with Crippen LogP contribution in [0.5, 0.6) is 0 Å². The normalized spacial score (nSPS) is 22.4. The number of Topliss-reactive ketones (excluding diaryl/α,β-unsaturated/α-hetero) is 2. The highest BCUT2D eigenvalue weighted by atomic mass is 35.5. The molecule has 0 spiro atoms. The van der Waals surface area contributed by atoms with Crippen molar-refractivity contribution in [2.75, 3.05) is 0 Å². The second-order valence-corrected chi connectivity index (χ2v) is 9.40. The minimum atomic E-state index is -4.44. The number of carbonyl (C=O) groups excluding carboxylic acids is 2. The Kier molecular flexibility index (Phi) is 7.62. The van der Waals surface area contributed by atoms with Crippen molar-refractivity contribution in [3.05, 3.63) is 93.3 Å². The van der Waals surface area contributed by atoms with Crippen LogP contribution >= 0.6 is 11.6 Å². The lowest BCUT2D eigenvalue weighted by Crippen LogP contribution is -2.48. The Balaban J connectivity index is 2.04. The number of carbonyl (C=O) groups is 2. The van der Waals surface area contributed by atoms with E-state index in [1.165, 1.54) is 18.3 Å². The van der Waals surface area contributed by atoms with Crippen LogP contribution in [0.4, 0.5) is 13.2 Å². The van der Waals surface area contributed by atoms with Crippen molar-refractivity contribution in [1.29, 1.82) is 0 Å². The van der Waals surface area contributed by atoms with Gasteiger partial charge in [0.1, 0.15) is 0 Å². The molecule has 1 N–H and O–H groups in total. The first kappa shape index (κ1) is 26.7. The number of hydrogen-bond donors (Lipinski definition) is 1. The smallest absolute Gasteiger partial charge is 0.374 e. The molecule has 0 saturated heterocycles. The fourth-order valence-corrected chi connectivity index (χ4v) is 4.13. The zero-order valence-corrected chi connectivity index (χ0v) is 20.7. The minimum Gasteiger partial charge on any atom is -0.374 e. The van der Waals surface area contributed by atoms with Crippen LogP contribution in [0, 0.1) is 5.92 Å². The Hall–Kier alpha value is -2.90. The van der Waals surface area contributed by atoms with Crippen molar-refractivity contribution in [1.82, 2.24) is 4.90 Å². The van der Waals surface area contributed by atoms with Crippen LogP contribution in [0.3, 0.4) is 0 Å². The highest BCUT2D eigenvalue weighted by molar-refractivity contribution is 6.49. The molecule has 0 aromatic heterocycles. The van der Waals surface area contributed by atoms with E-state index in [0.717, 1.165) is 31.1 Å². The number of fused-ring (bicyclic) bond motifs is 1. The number of aliphatic hydroxyl groups is 1. The Morgan fingerprint density at radius 2 is 1.83 bits per heavy atom. The molecule has 3 rings (SSSR count). The third kappa shape index (κ3) is 5.68. The van der Waals surface area contributed by atoms with Gasteiger partial charge in [-0.3, -0.25) is 9.59 Å². The summed E-state index contributed by atoms with van der Waals surface area (Å²) in [6.45, 7) is 7.38. The van der Waals surface area contributed by atoms with Crippen LogP contribution in [-0.4, -0.2) is 27.2 Å². The molecule has 0 bridgehead atoms. The maximum absolute atomic E-state index is 13.0. The minimum absolute atomic E-state index is 0.0653. The van der Waals surface area contributed by atoms with Gasteiger partial charge in [-0.1, -0.05) is 61.7 Å². The number of nitrogens with zero attached hydrogens (tertiary/aromatic N) is 1. The van der Waals surface area contributed by atoms with Crippen LogP contribution in [0.2, 0.25) is 0 Å². The SMILES string of the molecule is CC[C@H](C)/C=C(C)/C=C/C1=CC2=C(Cl)C(=O)[C@](C)(O)C(=O)C2=CN1Cc1ccc(C(F)(F)F)cc1. The summed E-state index contributed by atoms with van der Waals surface area (Å²) in [5.41, 5.74) is -0.609. The topological polar surface area (TPSA) is 57.6 Å². The van der Waals surface area contributed by atoms with Gasteiger partial charge in [-0.2, -0.15) is 13.2 Å². The standard InChI is InChI=1S/C27H27ClF3NO3/c1-5-16(2)12-17(3)6-11-20-13-21-22(24(33)26(4,35)25(34)23(21)28)15-32(20)14-18-7-9-19(10-8-18)27(29,30)31/h6-13,15-16,35H,5,14H2,1-4H3/b11-6+,17-12+/t16-,26+/m0/s1. The first-order chi connectivity index (χ1) is 16.3. The van der Waals surface area contributed by atoms with Gasteiger partial charge in [0, 0.05) is 29.6 Å². The molecule has 186 valence electrons. The molecule has 4 nitrogen and oxygen atoms in total. The molecular weight excluding hydrogens is 479 g/mol. The summed E-state index contributed by atoms with van der Waals surface area (Å²) in [6, 6.07) is 4.75. The second-order valence-electron chi connectivity index (χ2n) is 9.02. The van der Waals surface area contributed by atoms with Crippen molar-refractivity contribution in [2.45, 2.75) is 52.4 Å². The van der Waals surface area contributed by atoms with E-state index >= 15 is 0 Å². The molecule has 0 amide bonds. The Labute approximate surface area is 207 Å². The number of halogens is 4.